The van der Waals surface area contributed by atoms with Gasteiger partial charge in [0.25, 0.3) is 0 Å². The first-order valence-corrected chi connectivity index (χ1v) is 19.9. The van der Waals surface area contributed by atoms with Gasteiger partial charge in [-0.1, -0.05) is 74.5 Å². The number of benzene rings is 6. The molecule has 0 radical (unpaired) electrons. The molecule has 0 aliphatic heterocycles. The Labute approximate surface area is 315 Å². The SMILES string of the molecule is CC1(C)c2ccccc2-c2cc(N(c3ccc(C45CC6CC(CC(C6)C4)C5)cc3)c3ccc4c(c3)oc3cccc(-c5nc6ccccc6o5)c34)ccc21. The Morgan fingerprint density at radius 3 is 2.00 bits per heavy atom. The summed E-state index contributed by atoms with van der Waals surface area (Å²) in [6.07, 6.45) is 8.50. The van der Waals surface area contributed by atoms with E-state index in [-0.39, 0.29) is 5.41 Å². The molecule has 13 rings (SSSR count). The van der Waals surface area contributed by atoms with Crippen molar-refractivity contribution in [3.8, 4) is 22.6 Å². The van der Waals surface area contributed by atoms with Crippen molar-refractivity contribution in [3.63, 3.8) is 0 Å². The molecular weight excluding hydrogens is 661 g/mol. The summed E-state index contributed by atoms with van der Waals surface area (Å²) in [7, 11) is 0. The zero-order valence-corrected chi connectivity index (χ0v) is 30.8. The van der Waals surface area contributed by atoms with Gasteiger partial charge >= 0.3 is 0 Å². The molecule has 0 amide bonds. The predicted octanol–water partition coefficient (Wildman–Crippen LogP) is 13.6. The van der Waals surface area contributed by atoms with Crippen LogP contribution in [0.2, 0.25) is 0 Å². The fourth-order valence-electron chi connectivity index (χ4n) is 11.8. The number of oxazole rings is 1. The molecule has 4 nitrogen and oxygen atoms in total. The fourth-order valence-corrected chi connectivity index (χ4v) is 11.8. The Morgan fingerprint density at radius 1 is 0.556 bits per heavy atom. The van der Waals surface area contributed by atoms with Gasteiger partial charge in [-0.05, 0) is 150 Å². The van der Waals surface area contributed by atoms with Gasteiger partial charge in [-0.25, -0.2) is 4.98 Å². The van der Waals surface area contributed by atoms with Crippen LogP contribution < -0.4 is 4.90 Å². The summed E-state index contributed by atoms with van der Waals surface area (Å²) in [4.78, 5) is 7.27. The lowest BCUT2D eigenvalue weighted by Crippen LogP contribution is -2.48. The third-order valence-corrected chi connectivity index (χ3v) is 13.9. The van der Waals surface area contributed by atoms with Gasteiger partial charge in [-0.2, -0.15) is 0 Å². The number of nitrogens with zero attached hydrogens (tertiary/aromatic N) is 2. The highest BCUT2D eigenvalue weighted by Gasteiger charge is 2.51. The van der Waals surface area contributed by atoms with Crippen LogP contribution in [0.25, 0.3) is 55.6 Å². The summed E-state index contributed by atoms with van der Waals surface area (Å²) in [5.41, 5.74) is 14.9. The van der Waals surface area contributed by atoms with Crippen molar-refractivity contribution in [2.24, 2.45) is 17.8 Å². The van der Waals surface area contributed by atoms with Gasteiger partial charge in [0, 0.05) is 44.9 Å². The summed E-state index contributed by atoms with van der Waals surface area (Å²) < 4.78 is 12.9. The van der Waals surface area contributed by atoms with Crippen molar-refractivity contribution in [1.29, 1.82) is 0 Å². The van der Waals surface area contributed by atoms with Crippen molar-refractivity contribution in [2.45, 2.75) is 63.2 Å². The lowest BCUT2D eigenvalue weighted by Gasteiger charge is -2.57. The van der Waals surface area contributed by atoms with Crippen LogP contribution in [0, 0.1) is 17.8 Å². The van der Waals surface area contributed by atoms with E-state index in [9.17, 15) is 0 Å². The maximum Gasteiger partial charge on any atom is 0.228 e. The van der Waals surface area contributed by atoms with Crippen LogP contribution in [0.4, 0.5) is 17.1 Å². The number of rotatable bonds is 5. The second-order valence-electron chi connectivity index (χ2n) is 17.4. The molecule has 4 bridgehead atoms. The van der Waals surface area contributed by atoms with Crippen LogP contribution in [0.15, 0.2) is 136 Å². The molecule has 5 aliphatic rings. The Balaban J connectivity index is 1.00. The summed E-state index contributed by atoms with van der Waals surface area (Å²) in [5, 5.41) is 2.07. The van der Waals surface area contributed by atoms with Crippen molar-refractivity contribution >= 4 is 50.1 Å². The molecule has 2 heterocycles. The molecule has 0 unspecified atom stereocenters. The van der Waals surface area contributed by atoms with Crippen molar-refractivity contribution in [2.75, 3.05) is 4.90 Å². The normalized spacial score (nSPS) is 23.3. The van der Waals surface area contributed by atoms with E-state index in [0.717, 1.165) is 73.4 Å². The fraction of sp³-hybridized carbons (Fsp3) is 0.260. The second-order valence-corrected chi connectivity index (χ2v) is 17.4. The molecular formula is C50H42N2O2. The van der Waals surface area contributed by atoms with Gasteiger partial charge in [0.1, 0.15) is 16.7 Å². The molecule has 8 aromatic rings. The van der Waals surface area contributed by atoms with Crippen LogP contribution in [0.3, 0.4) is 0 Å². The van der Waals surface area contributed by atoms with Crippen molar-refractivity contribution in [3.05, 3.63) is 144 Å². The Kier molecular flexibility index (Phi) is 6.26. The molecule has 4 fully saturated rings. The van der Waals surface area contributed by atoms with Gasteiger partial charge in [0.2, 0.25) is 5.89 Å². The highest BCUT2D eigenvalue weighted by Crippen LogP contribution is 2.61. The van der Waals surface area contributed by atoms with Crippen LogP contribution in [0.1, 0.15) is 69.1 Å². The zero-order valence-electron chi connectivity index (χ0n) is 30.8. The zero-order chi connectivity index (χ0) is 35.8. The van der Waals surface area contributed by atoms with Crippen molar-refractivity contribution in [1.82, 2.24) is 4.98 Å². The predicted molar refractivity (Wildman–Crippen MR) is 219 cm³/mol. The van der Waals surface area contributed by atoms with E-state index in [2.05, 4.69) is 110 Å². The number of para-hydroxylation sites is 2. The summed E-state index contributed by atoms with van der Waals surface area (Å²) in [6.45, 7) is 4.70. The van der Waals surface area contributed by atoms with E-state index in [4.69, 9.17) is 13.8 Å². The summed E-state index contributed by atoms with van der Waals surface area (Å²) in [5.74, 6) is 3.37. The number of furan rings is 1. The van der Waals surface area contributed by atoms with E-state index in [1.165, 1.54) is 60.8 Å². The van der Waals surface area contributed by atoms with Crippen LogP contribution in [-0.4, -0.2) is 4.98 Å². The highest BCUT2D eigenvalue weighted by atomic mass is 16.3. The van der Waals surface area contributed by atoms with E-state index in [1.54, 1.807) is 5.56 Å². The molecule has 6 aromatic carbocycles. The Hall–Kier alpha value is -5.61. The minimum absolute atomic E-state index is 0.0472. The number of hydrogen-bond acceptors (Lipinski definition) is 4. The van der Waals surface area contributed by atoms with E-state index in [1.807, 2.05) is 36.4 Å². The smallest absolute Gasteiger partial charge is 0.228 e. The number of aromatic nitrogens is 1. The largest absolute Gasteiger partial charge is 0.456 e. The molecule has 0 N–H and O–H groups in total. The number of hydrogen-bond donors (Lipinski definition) is 0. The quantitative estimate of drug-likeness (QED) is 0.179. The van der Waals surface area contributed by atoms with Crippen molar-refractivity contribution < 1.29 is 8.83 Å². The standard InChI is InChI=1S/C50H42N2O2/c1-49(2)41-10-4-3-8-37(41)40-25-35(19-21-42(40)49)52(34-16-14-33(15-17-34)50-27-30-22-31(28-50)24-32(23-30)29-50)36-18-20-38-46(26-36)53-45-13-7-9-39(47(38)45)48-51-43-11-5-6-12-44(43)54-48/h3-21,25-26,30-32H,22-24,27-29H2,1-2H3. The Bertz CT molecular complexity index is 2730. The second kappa shape index (κ2) is 11.0. The first-order chi connectivity index (χ1) is 26.4. The first-order valence-electron chi connectivity index (χ1n) is 19.9. The minimum atomic E-state index is -0.0472. The molecule has 0 saturated heterocycles. The monoisotopic (exact) mass is 702 g/mol. The molecule has 2 aromatic heterocycles. The Morgan fingerprint density at radius 2 is 1.20 bits per heavy atom. The maximum atomic E-state index is 6.66. The molecule has 0 atom stereocenters. The average molecular weight is 703 g/mol. The van der Waals surface area contributed by atoms with Gasteiger partial charge < -0.3 is 13.7 Å². The molecule has 4 heteroatoms. The van der Waals surface area contributed by atoms with Crippen LogP contribution in [0.5, 0.6) is 0 Å². The van der Waals surface area contributed by atoms with Gasteiger partial charge in [-0.15, -0.1) is 0 Å². The average Bonchev–Trinajstić information content (AvgIpc) is 3.85. The molecule has 264 valence electrons. The molecule has 54 heavy (non-hydrogen) atoms. The van der Waals surface area contributed by atoms with E-state index < -0.39 is 0 Å². The molecule has 4 saturated carbocycles. The topological polar surface area (TPSA) is 42.4 Å². The van der Waals surface area contributed by atoms with Crippen LogP contribution >= 0.6 is 0 Å². The molecule has 0 spiro atoms. The summed E-state index contributed by atoms with van der Waals surface area (Å²) in [6, 6.07) is 46.4. The third-order valence-electron chi connectivity index (χ3n) is 13.9. The van der Waals surface area contributed by atoms with Gasteiger partial charge in [-0.3, -0.25) is 0 Å². The first kappa shape index (κ1) is 30.8. The number of fused-ring (bicyclic) bond motifs is 7. The maximum absolute atomic E-state index is 6.66. The minimum Gasteiger partial charge on any atom is -0.456 e. The lowest BCUT2D eigenvalue weighted by atomic mass is 9.48. The lowest BCUT2D eigenvalue weighted by molar-refractivity contribution is -0.00518. The molecule has 5 aliphatic carbocycles. The van der Waals surface area contributed by atoms with Gasteiger partial charge in [0.15, 0.2) is 5.58 Å². The summed E-state index contributed by atoms with van der Waals surface area (Å²) >= 11 is 0. The third kappa shape index (κ3) is 4.40. The van der Waals surface area contributed by atoms with E-state index in [0.29, 0.717) is 11.3 Å². The number of anilines is 3. The van der Waals surface area contributed by atoms with E-state index >= 15 is 0 Å². The van der Waals surface area contributed by atoms with Crippen LogP contribution in [-0.2, 0) is 10.8 Å². The van der Waals surface area contributed by atoms with Gasteiger partial charge in [0.05, 0.1) is 0 Å². The highest BCUT2D eigenvalue weighted by molar-refractivity contribution is 6.12.